The number of piperazine rings is 1. The number of benzene rings is 2. The van der Waals surface area contributed by atoms with Crippen LogP contribution < -0.4 is 10.1 Å². The van der Waals surface area contributed by atoms with Gasteiger partial charge in [-0.25, -0.2) is 4.79 Å². The van der Waals surface area contributed by atoms with Crippen molar-refractivity contribution in [2.24, 2.45) is 4.99 Å². The van der Waals surface area contributed by atoms with E-state index in [-0.39, 0.29) is 18.0 Å². The Morgan fingerprint density at radius 2 is 1.52 bits per heavy atom. The normalized spacial score (nSPS) is 22.8. The van der Waals surface area contributed by atoms with Crippen LogP contribution in [0.1, 0.15) is 77.8 Å². The molecule has 0 radical (unpaired) electrons. The van der Waals surface area contributed by atoms with Crippen LogP contribution >= 0.6 is 23.2 Å². The quantitative estimate of drug-likeness (QED) is 0.232. The average molecular weight is 754 g/mol. The van der Waals surface area contributed by atoms with Gasteiger partial charge in [0.25, 0.3) is 0 Å². The summed E-state index contributed by atoms with van der Waals surface area (Å²) in [5.41, 5.74) is -1.04. The summed E-state index contributed by atoms with van der Waals surface area (Å²) in [6.07, 6.45) is 0.595. The number of aromatic nitrogens is 1. The molecule has 52 heavy (non-hydrogen) atoms. The van der Waals surface area contributed by atoms with Crippen molar-refractivity contribution in [2.75, 3.05) is 39.3 Å². The van der Waals surface area contributed by atoms with E-state index in [2.05, 4.69) is 26.1 Å². The van der Waals surface area contributed by atoms with Crippen molar-refractivity contribution in [2.45, 2.75) is 83.7 Å². The molecule has 13 heteroatoms. The number of urea groups is 1. The molecular weight excluding hydrogens is 703 g/mol. The number of carbonyl (C=O) groups is 2. The summed E-state index contributed by atoms with van der Waals surface area (Å²) in [6.45, 7) is 16.8. The zero-order chi connectivity index (χ0) is 38.2. The fourth-order valence-corrected chi connectivity index (χ4v) is 6.98. The van der Waals surface area contributed by atoms with E-state index in [9.17, 15) is 15.0 Å². The van der Waals surface area contributed by atoms with Crippen molar-refractivity contribution >= 4 is 41.0 Å². The summed E-state index contributed by atoms with van der Waals surface area (Å²) < 4.78 is 6.25. The topological polar surface area (TPSA) is 131 Å². The van der Waals surface area contributed by atoms with Gasteiger partial charge in [0.05, 0.1) is 24.8 Å². The second-order valence-corrected chi connectivity index (χ2v) is 16.0. The fourth-order valence-electron chi connectivity index (χ4n) is 6.73. The monoisotopic (exact) mass is 752 g/mol. The Labute approximate surface area is 316 Å². The van der Waals surface area contributed by atoms with Gasteiger partial charge >= 0.3 is 6.03 Å². The first kappa shape index (κ1) is 39.5. The summed E-state index contributed by atoms with van der Waals surface area (Å²) in [7, 11) is 0. The van der Waals surface area contributed by atoms with Gasteiger partial charge in [-0.1, -0.05) is 68.2 Å². The Kier molecular flexibility index (Phi) is 11.3. The van der Waals surface area contributed by atoms with Crippen LogP contribution in [0.25, 0.3) is 0 Å². The first-order valence-corrected chi connectivity index (χ1v) is 18.4. The maximum absolute atomic E-state index is 15.2. The molecule has 2 aromatic carbocycles. The van der Waals surface area contributed by atoms with Gasteiger partial charge in [0.15, 0.2) is 5.72 Å². The number of nitrogens with zero attached hydrogens (tertiary/aromatic N) is 5. The van der Waals surface area contributed by atoms with Crippen LogP contribution in [0.2, 0.25) is 10.0 Å². The molecule has 2 aliphatic rings. The van der Waals surface area contributed by atoms with E-state index in [1.54, 1.807) is 16.0 Å². The standard InChI is InChI=1S/C39H50Cl2N6O5/c1-9-52-31-22-32(36(3,4)5)42-23-30(31)34-44-37(6,26-10-14-28(40)15-11-26)38(7,27-12-16-29(41)17-13-27)47(34)35(50)46-20-18-45(19-21-46)24-33(49)43-39(8,51)25(2)48/h10-17,22-23,25,48,51H,9,18-21,24H2,1-8H3,(H,43,49)/t25?,37-,38+,39?/m0/s1. The van der Waals surface area contributed by atoms with Gasteiger partial charge in [0.2, 0.25) is 5.91 Å². The van der Waals surface area contributed by atoms with Crippen molar-refractivity contribution in [1.29, 1.82) is 0 Å². The Morgan fingerprint density at radius 1 is 0.962 bits per heavy atom. The van der Waals surface area contributed by atoms with Gasteiger partial charge in [-0.3, -0.25) is 24.6 Å². The fraction of sp³-hybridized carbons (Fsp3) is 0.487. The zero-order valence-electron chi connectivity index (χ0n) is 31.2. The van der Waals surface area contributed by atoms with Crippen LogP contribution in [0.15, 0.2) is 65.8 Å². The maximum atomic E-state index is 15.2. The summed E-state index contributed by atoms with van der Waals surface area (Å²) in [5.74, 6) is 0.559. The van der Waals surface area contributed by atoms with E-state index >= 15 is 4.79 Å². The Morgan fingerprint density at radius 3 is 2.04 bits per heavy atom. The smallest absolute Gasteiger partial charge is 0.326 e. The molecule has 280 valence electrons. The predicted octanol–water partition coefficient (Wildman–Crippen LogP) is 5.92. The van der Waals surface area contributed by atoms with Crippen LogP contribution in [-0.2, 0) is 21.3 Å². The lowest BCUT2D eigenvalue weighted by Crippen LogP contribution is -2.61. The van der Waals surface area contributed by atoms with Gasteiger partial charge in [-0.2, -0.15) is 0 Å². The minimum atomic E-state index is -1.76. The molecule has 2 unspecified atom stereocenters. The first-order chi connectivity index (χ1) is 24.3. The second-order valence-electron chi connectivity index (χ2n) is 15.1. The lowest BCUT2D eigenvalue weighted by molar-refractivity contribution is -0.137. The molecule has 0 bridgehead atoms. The SMILES string of the molecule is CCOc1cc(C(C)(C)C)ncc1C1=N[C@@](C)(c2ccc(Cl)cc2)[C@@](C)(c2ccc(Cl)cc2)N1C(=O)N1CCN(CC(=O)NC(C)(O)C(C)O)CC1. The van der Waals surface area contributed by atoms with E-state index in [1.165, 1.54) is 13.8 Å². The molecule has 0 saturated carbocycles. The molecule has 4 atom stereocenters. The van der Waals surface area contributed by atoms with Crippen molar-refractivity contribution in [1.82, 2.24) is 25.0 Å². The third-order valence-electron chi connectivity index (χ3n) is 10.3. The summed E-state index contributed by atoms with van der Waals surface area (Å²) in [4.78, 5) is 43.7. The van der Waals surface area contributed by atoms with E-state index in [1.807, 2.05) is 80.3 Å². The Balaban J connectivity index is 1.60. The molecule has 1 saturated heterocycles. The van der Waals surface area contributed by atoms with Crippen LogP contribution in [0.3, 0.4) is 0 Å². The number of ether oxygens (including phenoxy) is 1. The van der Waals surface area contributed by atoms with Crippen LogP contribution in [-0.4, -0.2) is 98.8 Å². The third-order valence-corrected chi connectivity index (χ3v) is 10.8. The molecule has 3 N–H and O–H groups in total. The molecule has 0 spiro atoms. The number of halogens is 2. The molecular formula is C39H50Cl2N6O5. The molecule has 3 heterocycles. The highest BCUT2D eigenvalue weighted by atomic mass is 35.5. The number of aliphatic imine (C=N–C) groups is 1. The van der Waals surface area contributed by atoms with E-state index in [0.29, 0.717) is 60.0 Å². The molecule has 0 aliphatic carbocycles. The van der Waals surface area contributed by atoms with Crippen molar-refractivity contribution in [3.63, 3.8) is 0 Å². The minimum absolute atomic E-state index is 0.00195. The van der Waals surface area contributed by atoms with Crippen LogP contribution in [0.4, 0.5) is 4.79 Å². The molecule has 1 fully saturated rings. The first-order valence-electron chi connectivity index (χ1n) is 17.6. The highest BCUT2D eigenvalue weighted by Crippen LogP contribution is 2.54. The molecule has 11 nitrogen and oxygen atoms in total. The molecule has 3 amide bonds. The van der Waals surface area contributed by atoms with Crippen LogP contribution in [0.5, 0.6) is 5.75 Å². The molecule has 2 aliphatic heterocycles. The summed E-state index contributed by atoms with van der Waals surface area (Å²) >= 11 is 12.8. The molecule has 5 rings (SSSR count). The van der Waals surface area contributed by atoms with Gasteiger partial charge in [0.1, 0.15) is 22.7 Å². The predicted molar refractivity (Wildman–Crippen MR) is 204 cm³/mol. The van der Waals surface area contributed by atoms with Gasteiger partial charge in [0, 0.05) is 59.6 Å². The van der Waals surface area contributed by atoms with Crippen LogP contribution in [0, 0.1) is 0 Å². The van der Waals surface area contributed by atoms with Gasteiger partial charge < -0.3 is 25.2 Å². The number of hydrogen-bond acceptors (Lipinski definition) is 8. The lowest BCUT2D eigenvalue weighted by atomic mass is 9.71. The third kappa shape index (κ3) is 7.66. The molecule has 3 aromatic rings. The number of amides is 3. The number of carbonyl (C=O) groups excluding carboxylic acids is 2. The lowest BCUT2D eigenvalue weighted by Gasteiger charge is -2.47. The highest BCUT2D eigenvalue weighted by molar-refractivity contribution is 6.30. The Bertz CT molecular complexity index is 1800. The number of aliphatic hydroxyl groups is 2. The maximum Gasteiger partial charge on any atom is 0.326 e. The molecule has 1 aromatic heterocycles. The van der Waals surface area contributed by atoms with E-state index in [0.717, 1.165) is 16.8 Å². The zero-order valence-corrected chi connectivity index (χ0v) is 32.7. The number of rotatable bonds is 9. The van der Waals surface area contributed by atoms with Crippen molar-refractivity contribution in [3.05, 3.63) is 93.2 Å². The van der Waals surface area contributed by atoms with E-state index in [4.69, 9.17) is 37.9 Å². The van der Waals surface area contributed by atoms with Gasteiger partial charge in [-0.05, 0) is 70.0 Å². The Hall–Kier alpha value is -3.74. The number of pyridine rings is 1. The van der Waals surface area contributed by atoms with Gasteiger partial charge in [-0.15, -0.1) is 0 Å². The highest BCUT2D eigenvalue weighted by Gasteiger charge is 2.60. The number of amidine groups is 1. The van der Waals surface area contributed by atoms with Crippen molar-refractivity contribution in [3.8, 4) is 5.75 Å². The van der Waals surface area contributed by atoms with Crippen molar-refractivity contribution < 1.29 is 24.5 Å². The van der Waals surface area contributed by atoms with E-state index < -0.39 is 28.8 Å². The average Bonchev–Trinajstić information content (AvgIpc) is 3.32. The minimum Gasteiger partial charge on any atom is -0.493 e. The summed E-state index contributed by atoms with van der Waals surface area (Å²) in [5, 5.41) is 23.8. The largest absolute Gasteiger partial charge is 0.493 e. The number of aliphatic hydroxyl groups excluding tert-OH is 1. The summed E-state index contributed by atoms with van der Waals surface area (Å²) in [6, 6.07) is 16.7. The number of nitrogens with one attached hydrogen (secondary N) is 1. The number of hydrogen-bond donors (Lipinski definition) is 3. The second kappa shape index (κ2) is 14.9.